The van der Waals surface area contributed by atoms with Crippen molar-refractivity contribution in [3.63, 3.8) is 0 Å². The first kappa shape index (κ1) is 13.9. The van der Waals surface area contributed by atoms with Crippen LogP contribution in [-0.4, -0.2) is 26.1 Å². The van der Waals surface area contributed by atoms with Crippen molar-refractivity contribution < 1.29 is 13.2 Å². The van der Waals surface area contributed by atoms with Crippen molar-refractivity contribution in [2.45, 2.75) is 37.1 Å². The fraction of sp³-hybridized carbons (Fsp3) is 0.462. The number of carbonyl (C=O) groups excluding carboxylic acids is 1. The largest absolute Gasteiger partial charge is 0.399 e. The molecule has 0 spiro atoms. The summed E-state index contributed by atoms with van der Waals surface area (Å²) in [7, 11) is -3.43. The molecule has 5 nitrogen and oxygen atoms in total. The van der Waals surface area contributed by atoms with Crippen LogP contribution in [0.15, 0.2) is 23.1 Å². The molecule has 6 heteroatoms. The fourth-order valence-electron chi connectivity index (χ4n) is 1.71. The number of nitrogens with two attached hydrogens (primary N) is 1. The smallest absolute Gasteiger partial charge is 0.221 e. The van der Waals surface area contributed by atoms with Gasteiger partial charge >= 0.3 is 0 Å². The molecule has 0 saturated heterocycles. The summed E-state index contributed by atoms with van der Waals surface area (Å²) < 4.78 is 24.2. The van der Waals surface area contributed by atoms with Crippen molar-refractivity contribution in [2.75, 3.05) is 11.5 Å². The number of amides is 1. The summed E-state index contributed by atoms with van der Waals surface area (Å²) in [6.45, 7) is 1.76. The lowest BCUT2D eigenvalue weighted by Crippen LogP contribution is -2.27. The Balaban J connectivity index is 2.00. The number of benzene rings is 1. The van der Waals surface area contributed by atoms with Crippen LogP contribution in [-0.2, 0) is 14.6 Å². The van der Waals surface area contributed by atoms with Crippen molar-refractivity contribution in [1.82, 2.24) is 5.32 Å². The quantitative estimate of drug-likeness (QED) is 0.789. The van der Waals surface area contributed by atoms with Crippen molar-refractivity contribution in [3.05, 3.63) is 23.8 Å². The molecule has 0 heterocycles. The molecule has 1 aliphatic carbocycles. The Labute approximate surface area is 113 Å². The number of rotatable bonds is 5. The minimum atomic E-state index is -3.43. The third kappa shape index (κ3) is 3.70. The Morgan fingerprint density at radius 1 is 1.42 bits per heavy atom. The lowest BCUT2D eigenvalue weighted by Gasteiger charge is -2.07. The second kappa shape index (κ2) is 5.21. The third-order valence-corrected chi connectivity index (χ3v) is 4.85. The SMILES string of the molecule is Cc1cc(S(=O)(=O)CCC(=O)NC2CC2)ccc1N. The summed E-state index contributed by atoms with van der Waals surface area (Å²) in [4.78, 5) is 11.7. The molecule has 0 aromatic heterocycles. The van der Waals surface area contributed by atoms with Crippen molar-refractivity contribution >= 4 is 21.4 Å². The molecule has 1 fully saturated rings. The highest BCUT2D eigenvalue weighted by Crippen LogP contribution is 2.20. The van der Waals surface area contributed by atoms with Gasteiger partial charge < -0.3 is 11.1 Å². The molecule has 0 aliphatic heterocycles. The van der Waals surface area contributed by atoms with Gasteiger partial charge in [0, 0.05) is 18.2 Å². The molecule has 1 aromatic carbocycles. The van der Waals surface area contributed by atoms with Crippen LogP contribution < -0.4 is 11.1 Å². The predicted molar refractivity (Wildman–Crippen MR) is 73.4 cm³/mol. The maximum atomic E-state index is 12.1. The van der Waals surface area contributed by atoms with Crippen LogP contribution in [0.25, 0.3) is 0 Å². The Kier molecular flexibility index (Phi) is 3.80. The van der Waals surface area contributed by atoms with Crippen molar-refractivity contribution in [2.24, 2.45) is 0 Å². The van der Waals surface area contributed by atoms with E-state index in [0.29, 0.717) is 5.69 Å². The highest BCUT2D eigenvalue weighted by molar-refractivity contribution is 7.91. The van der Waals surface area contributed by atoms with Crippen LogP contribution in [0.1, 0.15) is 24.8 Å². The van der Waals surface area contributed by atoms with E-state index in [1.165, 1.54) is 6.07 Å². The summed E-state index contributed by atoms with van der Waals surface area (Å²) in [6.07, 6.45) is 1.99. The Morgan fingerprint density at radius 2 is 2.11 bits per heavy atom. The minimum absolute atomic E-state index is 0.00224. The number of hydrogen-bond donors (Lipinski definition) is 2. The molecular formula is C13H18N2O3S. The standard InChI is InChI=1S/C13H18N2O3S/c1-9-8-11(4-5-12(9)14)19(17,18)7-6-13(16)15-10-2-3-10/h4-5,8,10H,2-3,6-7,14H2,1H3,(H,15,16). The molecule has 1 aromatic rings. The molecule has 3 N–H and O–H groups in total. The van der Waals surface area contributed by atoms with Gasteiger partial charge in [-0.2, -0.15) is 0 Å². The number of anilines is 1. The van der Waals surface area contributed by atoms with Crippen molar-refractivity contribution in [1.29, 1.82) is 0 Å². The van der Waals surface area contributed by atoms with E-state index >= 15 is 0 Å². The van der Waals surface area contributed by atoms with Gasteiger partial charge in [0.25, 0.3) is 0 Å². The third-order valence-electron chi connectivity index (χ3n) is 3.14. The van der Waals surface area contributed by atoms with Gasteiger partial charge in [-0.15, -0.1) is 0 Å². The Bertz CT molecular complexity index is 592. The molecule has 0 bridgehead atoms. The number of hydrogen-bond acceptors (Lipinski definition) is 4. The maximum absolute atomic E-state index is 12.1. The van der Waals surface area contributed by atoms with Crippen LogP contribution in [0, 0.1) is 6.92 Å². The van der Waals surface area contributed by atoms with E-state index in [1.807, 2.05) is 0 Å². The zero-order valence-corrected chi connectivity index (χ0v) is 11.7. The number of aryl methyl sites for hydroxylation is 1. The van der Waals surface area contributed by atoms with Gasteiger partial charge in [-0.3, -0.25) is 4.79 Å². The van der Waals surface area contributed by atoms with Gasteiger partial charge in [0.05, 0.1) is 10.6 Å². The number of sulfone groups is 1. The van der Waals surface area contributed by atoms with Gasteiger partial charge in [-0.05, 0) is 43.5 Å². The molecule has 0 unspecified atom stereocenters. The normalized spacial score (nSPS) is 15.2. The topological polar surface area (TPSA) is 89.3 Å². The molecular weight excluding hydrogens is 264 g/mol. The lowest BCUT2D eigenvalue weighted by atomic mass is 10.2. The van der Waals surface area contributed by atoms with E-state index in [9.17, 15) is 13.2 Å². The summed E-state index contributed by atoms with van der Waals surface area (Å²) >= 11 is 0. The van der Waals surface area contributed by atoms with Crippen LogP contribution in [0.3, 0.4) is 0 Å². The van der Waals surface area contributed by atoms with Gasteiger partial charge in [0.1, 0.15) is 0 Å². The molecule has 1 saturated carbocycles. The molecule has 0 radical (unpaired) electrons. The minimum Gasteiger partial charge on any atom is -0.399 e. The molecule has 2 rings (SSSR count). The van der Waals surface area contributed by atoms with Crippen LogP contribution in [0.4, 0.5) is 5.69 Å². The van der Waals surface area contributed by atoms with Gasteiger partial charge in [0.15, 0.2) is 9.84 Å². The lowest BCUT2D eigenvalue weighted by molar-refractivity contribution is -0.120. The first-order chi connectivity index (χ1) is 8.88. The Morgan fingerprint density at radius 3 is 2.68 bits per heavy atom. The van der Waals surface area contributed by atoms with Gasteiger partial charge in [-0.1, -0.05) is 0 Å². The highest BCUT2D eigenvalue weighted by Gasteiger charge is 2.24. The zero-order chi connectivity index (χ0) is 14.0. The summed E-state index contributed by atoms with van der Waals surface area (Å²) in [5.74, 6) is -0.368. The summed E-state index contributed by atoms with van der Waals surface area (Å²) in [6, 6.07) is 4.86. The summed E-state index contributed by atoms with van der Waals surface area (Å²) in [5.41, 5.74) is 6.94. The molecule has 1 amide bonds. The molecule has 104 valence electrons. The summed E-state index contributed by atoms with van der Waals surface area (Å²) in [5, 5.41) is 2.78. The first-order valence-corrected chi connectivity index (χ1v) is 7.92. The van der Waals surface area contributed by atoms with E-state index in [1.54, 1.807) is 19.1 Å². The van der Waals surface area contributed by atoms with E-state index in [0.717, 1.165) is 18.4 Å². The number of carbonyl (C=O) groups is 1. The average Bonchev–Trinajstić information content (AvgIpc) is 3.14. The molecule has 0 atom stereocenters. The Hall–Kier alpha value is -1.56. The van der Waals surface area contributed by atoms with Gasteiger partial charge in [0.2, 0.25) is 5.91 Å². The van der Waals surface area contributed by atoms with Crippen LogP contribution in [0.2, 0.25) is 0 Å². The van der Waals surface area contributed by atoms with Gasteiger partial charge in [-0.25, -0.2) is 8.42 Å². The van der Waals surface area contributed by atoms with E-state index < -0.39 is 9.84 Å². The monoisotopic (exact) mass is 282 g/mol. The second-order valence-corrected chi connectivity index (χ2v) is 7.04. The zero-order valence-electron chi connectivity index (χ0n) is 10.8. The van der Waals surface area contributed by atoms with Crippen molar-refractivity contribution in [3.8, 4) is 0 Å². The second-order valence-electron chi connectivity index (χ2n) is 4.93. The number of nitrogen functional groups attached to an aromatic ring is 1. The molecule has 1 aliphatic rings. The maximum Gasteiger partial charge on any atom is 0.221 e. The molecule has 19 heavy (non-hydrogen) atoms. The highest BCUT2D eigenvalue weighted by atomic mass is 32.2. The average molecular weight is 282 g/mol. The van der Waals surface area contributed by atoms with E-state index in [4.69, 9.17) is 5.73 Å². The van der Waals surface area contributed by atoms with Crippen LogP contribution >= 0.6 is 0 Å². The first-order valence-electron chi connectivity index (χ1n) is 6.27. The predicted octanol–water partition coefficient (Wildman–Crippen LogP) is 1.02. The van der Waals surface area contributed by atoms with E-state index in [-0.39, 0.29) is 29.0 Å². The number of nitrogens with one attached hydrogen (secondary N) is 1. The van der Waals surface area contributed by atoms with Crippen LogP contribution in [0.5, 0.6) is 0 Å². The van der Waals surface area contributed by atoms with E-state index in [2.05, 4.69) is 5.32 Å². The fourth-order valence-corrected chi connectivity index (χ4v) is 3.04.